The molecule has 0 aliphatic rings. The maximum absolute atomic E-state index is 4.82. The summed E-state index contributed by atoms with van der Waals surface area (Å²) in [7, 11) is 0. The van der Waals surface area contributed by atoms with Crippen molar-refractivity contribution in [1.29, 1.82) is 0 Å². The second-order valence-electron chi connectivity index (χ2n) is 5.84. The molecular formula is C18H23N5S. The van der Waals surface area contributed by atoms with Crippen LogP contribution >= 0.6 is 11.8 Å². The summed E-state index contributed by atoms with van der Waals surface area (Å²) in [5, 5.41) is 0.847. The summed E-state index contributed by atoms with van der Waals surface area (Å²) in [6, 6.07) is 1.85. The first kappa shape index (κ1) is 16.9. The predicted octanol–water partition coefficient (Wildman–Crippen LogP) is 4.05. The monoisotopic (exact) mass is 341 g/mol. The zero-order valence-corrected chi connectivity index (χ0v) is 15.1. The predicted molar refractivity (Wildman–Crippen MR) is 98.3 cm³/mol. The molecule has 3 rings (SSSR count). The minimum Gasteiger partial charge on any atom is -0.328 e. The number of hydrogen-bond donors (Lipinski definition) is 0. The summed E-state index contributed by atoms with van der Waals surface area (Å²) in [5.41, 5.74) is 3.44. The molecule has 0 amide bonds. The molecule has 0 aromatic carbocycles. The van der Waals surface area contributed by atoms with Gasteiger partial charge < -0.3 is 4.57 Å². The molecular weight excluding hydrogens is 318 g/mol. The number of thioether (sulfide) groups is 1. The molecule has 0 aliphatic heterocycles. The Balaban J connectivity index is 1.72. The minimum absolute atomic E-state index is 0.847. The first-order valence-electron chi connectivity index (χ1n) is 8.49. The fraction of sp³-hybridized carbons (Fsp3) is 0.444. The standard InChI is InChI=1S/C18H23N5S/c1-3-4-7-16-22-15-13-19-12-14(2)17(15)23(16)10-6-11-24-18-20-8-5-9-21-18/h5,8-9,12-13H,3-4,6-7,10-11H2,1-2H3. The fourth-order valence-corrected chi connectivity index (χ4v) is 3.54. The second-order valence-corrected chi connectivity index (χ2v) is 6.90. The van der Waals surface area contributed by atoms with Crippen LogP contribution in [0, 0.1) is 6.92 Å². The molecule has 0 N–H and O–H groups in total. The average molecular weight is 341 g/mol. The van der Waals surface area contributed by atoms with Gasteiger partial charge in [0.25, 0.3) is 0 Å². The minimum atomic E-state index is 0.847. The Morgan fingerprint density at radius 1 is 1.12 bits per heavy atom. The van der Waals surface area contributed by atoms with E-state index in [2.05, 4.69) is 33.4 Å². The quantitative estimate of drug-likeness (QED) is 0.351. The van der Waals surface area contributed by atoms with Gasteiger partial charge >= 0.3 is 0 Å². The number of hydrogen-bond acceptors (Lipinski definition) is 5. The molecule has 3 aromatic rings. The zero-order chi connectivity index (χ0) is 16.8. The lowest BCUT2D eigenvalue weighted by molar-refractivity contribution is 0.635. The maximum atomic E-state index is 4.82. The Kier molecular flexibility index (Phi) is 5.80. The van der Waals surface area contributed by atoms with Crippen molar-refractivity contribution in [2.45, 2.75) is 51.2 Å². The molecule has 0 spiro atoms. The summed E-state index contributed by atoms with van der Waals surface area (Å²) in [4.78, 5) is 17.6. The Morgan fingerprint density at radius 2 is 1.96 bits per heavy atom. The van der Waals surface area contributed by atoms with Gasteiger partial charge in [-0.1, -0.05) is 25.1 Å². The molecule has 126 valence electrons. The van der Waals surface area contributed by atoms with Crippen LogP contribution in [-0.2, 0) is 13.0 Å². The van der Waals surface area contributed by atoms with Gasteiger partial charge in [0.2, 0.25) is 0 Å². The van der Waals surface area contributed by atoms with E-state index >= 15 is 0 Å². The first-order chi connectivity index (χ1) is 11.8. The van der Waals surface area contributed by atoms with Crippen LogP contribution in [0.25, 0.3) is 11.0 Å². The van der Waals surface area contributed by atoms with E-state index in [4.69, 9.17) is 4.98 Å². The molecule has 0 saturated carbocycles. The molecule has 0 unspecified atom stereocenters. The topological polar surface area (TPSA) is 56.5 Å². The van der Waals surface area contributed by atoms with Crippen molar-refractivity contribution in [3.05, 3.63) is 42.2 Å². The Labute approximate surface area is 147 Å². The maximum Gasteiger partial charge on any atom is 0.187 e. The summed E-state index contributed by atoms with van der Waals surface area (Å²) in [5.74, 6) is 2.19. The molecule has 0 bridgehead atoms. The van der Waals surface area contributed by atoms with Crippen LogP contribution in [-0.4, -0.2) is 30.3 Å². The van der Waals surface area contributed by atoms with Crippen molar-refractivity contribution in [3.63, 3.8) is 0 Å². The highest BCUT2D eigenvalue weighted by atomic mass is 32.2. The van der Waals surface area contributed by atoms with Gasteiger partial charge in [-0.05, 0) is 31.4 Å². The molecule has 0 atom stereocenters. The molecule has 0 saturated heterocycles. The van der Waals surface area contributed by atoms with Crippen LogP contribution < -0.4 is 0 Å². The number of fused-ring (bicyclic) bond motifs is 1. The SMILES string of the molecule is CCCCc1nc2cncc(C)c2n1CCCSc1ncccn1. The summed E-state index contributed by atoms with van der Waals surface area (Å²) >= 11 is 1.71. The van der Waals surface area contributed by atoms with Gasteiger partial charge in [-0.3, -0.25) is 4.98 Å². The molecule has 0 aliphatic carbocycles. The van der Waals surface area contributed by atoms with Gasteiger partial charge in [0.15, 0.2) is 5.16 Å². The lowest BCUT2D eigenvalue weighted by atomic mass is 10.2. The van der Waals surface area contributed by atoms with Crippen molar-refractivity contribution in [3.8, 4) is 0 Å². The van der Waals surface area contributed by atoms with Crippen LogP contribution in [0.1, 0.15) is 37.6 Å². The highest BCUT2D eigenvalue weighted by Gasteiger charge is 2.12. The zero-order valence-electron chi connectivity index (χ0n) is 14.3. The van der Waals surface area contributed by atoms with E-state index in [1.54, 1.807) is 24.2 Å². The molecule has 6 heteroatoms. The van der Waals surface area contributed by atoms with Gasteiger partial charge in [-0.25, -0.2) is 15.0 Å². The smallest absolute Gasteiger partial charge is 0.187 e. The van der Waals surface area contributed by atoms with Gasteiger partial charge in [0.1, 0.15) is 11.3 Å². The van der Waals surface area contributed by atoms with E-state index in [1.165, 1.54) is 29.7 Å². The average Bonchev–Trinajstić information content (AvgIpc) is 2.97. The molecule has 3 heterocycles. The van der Waals surface area contributed by atoms with Crippen LogP contribution in [0.3, 0.4) is 0 Å². The molecule has 24 heavy (non-hydrogen) atoms. The van der Waals surface area contributed by atoms with Gasteiger partial charge in [0.05, 0.1) is 11.7 Å². The van der Waals surface area contributed by atoms with Crippen molar-refractivity contribution in [2.75, 3.05) is 5.75 Å². The highest BCUT2D eigenvalue weighted by Crippen LogP contribution is 2.21. The first-order valence-corrected chi connectivity index (χ1v) is 9.47. The number of unbranched alkanes of at least 4 members (excludes halogenated alkanes) is 1. The van der Waals surface area contributed by atoms with Crippen molar-refractivity contribution in [1.82, 2.24) is 24.5 Å². The van der Waals surface area contributed by atoms with Gasteiger partial charge in [-0.15, -0.1) is 0 Å². The van der Waals surface area contributed by atoms with Crippen LogP contribution in [0.2, 0.25) is 0 Å². The lowest BCUT2D eigenvalue weighted by Crippen LogP contribution is -2.06. The van der Waals surface area contributed by atoms with Crippen LogP contribution in [0.4, 0.5) is 0 Å². The number of imidazole rings is 1. The van der Waals surface area contributed by atoms with Crippen molar-refractivity contribution >= 4 is 22.8 Å². The third-order valence-electron chi connectivity index (χ3n) is 3.97. The van der Waals surface area contributed by atoms with Crippen molar-refractivity contribution in [2.24, 2.45) is 0 Å². The van der Waals surface area contributed by atoms with Crippen molar-refractivity contribution < 1.29 is 0 Å². The lowest BCUT2D eigenvalue weighted by Gasteiger charge is -2.10. The molecule has 5 nitrogen and oxygen atoms in total. The Hall–Kier alpha value is -1.95. The van der Waals surface area contributed by atoms with Gasteiger partial charge in [-0.2, -0.15) is 0 Å². The number of rotatable bonds is 8. The number of nitrogens with zero attached hydrogens (tertiary/aromatic N) is 5. The van der Waals surface area contributed by atoms with Gasteiger partial charge in [0, 0.05) is 37.3 Å². The molecule has 3 aromatic heterocycles. The molecule has 0 fully saturated rings. The highest BCUT2D eigenvalue weighted by molar-refractivity contribution is 7.99. The van der Waals surface area contributed by atoms with E-state index in [9.17, 15) is 0 Å². The Morgan fingerprint density at radius 3 is 2.75 bits per heavy atom. The summed E-state index contributed by atoms with van der Waals surface area (Å²) in [6.07, 6.45) is 11.8. The van der Waals surface area contributed by atoms with E-state index in [0.717, 1.165) is 35.8 Å². The third kappa shape index (κ3) is 3.93. The van der Waals surface area contributed by atoms with Crippen LogP contribution in [0.15, 0.2) is 36.0 Å². The number of aromatic nitrogens is 5. The Bertz CT molecular complexity index is 785. The van der Waals surface area contributed by atoms with E-state index in [0.29, 0.717) is 0 Å². The van der Waals surface area contributed by atoms with E-state index < -0.39 is 0 Å². The number of aryl methyl sites for hydroxylation is 3. The summed E-state index contributed by atoms with van der Waals surface area (Å²) in [6.45, 7) is 5.31. The number of pyridine rings is 1. The van der Waals surface area contributed by atoms with E-state index in [-0.39, 0.29) is 0 Å². The fourth-order valence-electron chi connectivity index (χ4n) is 2.82. The van der Waals surface area contributed by atoms with E-state index in [1.807, 2.05) is 18.5 Å². The second kappa shape index (κ2) is 8.24. The molecule has 0 radical (unpaired) electrons. The third-order valence-corrected chi connectivity index (χ3v) is 4.93. The normalized spacial score (nSPS) is 11.2. The van der Waals surface area contributed by atoms with Crippen LogP contribution in [0.5, 0.6) is 0 Å². The largest absolute Gasteiger partial charge is 0.328 e. The summed E-state index contributed by atoms with van der Waals surface area (Å²) < 4.78 is 2.38.